The van der Waals surface area contributed by atoms with Gasteiger partial charge in [0.1, 0.15) is 0 Å². The van der Waals surface area contributed by atoms with Crippen LogP contribution in [0.4, 0.5) is 0 Å². The summed E-state index contributed by atoms with van der Waals surface area (Å²) in [5.74, 6) is 0. The van der Waals surface area contributed by atoms with Crippen LogP contribution >= 0.6 is 27.3 Å². The van der Waals surface area contributed by atoms with Crippen molar-refractivity contribution in [2.45, 2.75) is 13.5 Å². The summed E-state index contributed by atoms with van der Waals surface area (Å²) in [4.78, 5) is 16.8. The summed E-state index contributed by atoms with van der Waals surface area (Å²) in [6.45, 7) is 2.40. The Morgan fingerprint density at radius 3 is 2.93 bits per heavy atom. The van der Waals surface area contributed by atoms with Crippen LogP contribution in [-0.2, 0) is 6.54 Å². The Kier molecular flexibility index (Phi) is 3.02. The van der Waals surface area contributed by atoms with Gasteiger partial charge in [-0.05, 0) is 28.9 Å². The lowest BCUT2D eigenvalue weighted by Gasteiger charge is -2.02. The predicted molar refractivity (Wildman–Crippen MR) is 64.4 cm³/mol. The van der Waals surface area contributed by atoms with Gasteiger partial charge in [-0.25, -0.2) is 4.98 Å². The zero-order chi connectivity index (χ0) is 10.8. The normalized spacial score (nSPS) is 10.5. The molecule has 0 fully saturated rings. The maximum atomic E-state index is 11.6. The number of aryl methyl sites for hydroxylation is 1. The topological polar surface area (TPSA) is 34.9 Å². The smallest absolute Gasteiger partial charge is 0.253 e. The Bertz CT molecular complexity index is 532. The molecule has 2 aromatic heterocycles. The lowest BCUT2D eigenvalue weighted by molar-refractivity contribution is 0.739. The van der Waals surface area contributed by atoms with Gasteiger partial charge in [0.25, 0.3) is 5.56 Å². The third kappa shape index (κ3) is 2.54. The molecule has 0 spiro atoms. The minimum absolute atomic E-state index is 0.00739. The van der Waals surface area contributed by atoms with E-state index in [4.69, 9.17) is 0 Å². The van der Waals surface area contributed by atoms with Crippen molar-refractivity contribution < 1.29 is 0 Å². The van der Waals surface area contributed by atoms with Gasteiger partial charge in [-0.3, -0.25) is 9.36 Å². The molecule has 5 heteroatoms. The molecule has 78 valence electrons. The molecule has 0 N–H and O–H groups in total. The van der Waals surface area contributed by atoms with Crippen LogP contribution < -0.4 is 5.56 Å². The van der Waals surface area contributed by atoms with Gasteiger partial charge in [-0.1, -0.05) is 0 Å². The molecule has 15 heavy (non-hydrogen) atoms. The highest BCUT2D eigenvalue weighted by Gasteiger charge is 2.01. The van der Waals surface area contributed by atoms with E-state index in [2.05, 4.69) is 20.9 Å². The van der Waals surface area contributed by atoms with Crippen molar-refractivity contribution in [3.05, 3.63) is 49.2 Å². The summed E-state index contributed by atoms with van der Waals surface area (Å²) in [6.07, 6.45) is 1.59. The Morgan fingerprint density at radius 1 is 1.53 bits per heavy atom. The molecule has 0 atom stereocenters. The minimum atomic E-state index is -0.00739. The first-order valence-electron chi connectivity index (χ1n) is 4.41. The predicted octanol–water partition coefficient (Wildman–Crippen LogP) is 2.42. The molecule has 0 aromatic carbocycles. The van der Waals surface area contributed by atoms with E-state index in [0.29, 0.717) is 6.54 Å². The Balaban J connectivity index is 2.28. The van der Waals surface area contributed by atoms with Crippen LogP contribution in [0.25, 0.3) is 0 Å². The third-order valence-electron chi connectivity index (χ3n) is 1.96. The van der Waals surface area contributed by atoms with E-state index in [9.17, 15) is 4.79 Å². The number of rotatable bonds is 2. The molecule has 0 unspecified atom stereocenters. The zero-order valence-electron chi connectivity index (χ0n) is 8.11. The number of nitrogens with zero attached hydrogens (tertiary/aromatic N) is 2. The summed E-state index contributed by atoms with van der Waals surface area (Å²) >= 11 is 5.01. The van der Waals surface area contributed by atoms with Crippen LogP contribution in [0.5, 0.6) is 0 Å². The fourth-order valence-electron chi connectivity index (χ4n) is 1.24. The Morgan fingerprint density at radius 2 is 2.33 bits per heavy atom. The van der Waals surface area contributed by atoms with Gasteiger partial charge in [0.2, 0.25) is 0 Å². The van der Waals surface area contributed by atoms with E-state index in [1.807, 2.05) is 18.4 Å². The Labute approximate surface area is 99.5 Å². The lowest BCUT2D eigenvalue weighted by atomic mass is 10.4. The standard InChI is InChI=1S/C10H9BrN2OS/c1-7-2-10(14)13(6-12-7)4-9-3-8(11)5-15-9/h2-3,5-6H,4H2,1H3. The fourth-order valence-corrected chi connectivity index (χ4v) is 2.69. The van der Waals surface area contributed by atoms with Crippen LogP contribution in [0.1, 0.15) is 10.6 Å². The highest BCUT2D eigenvalue weighted by Crippen LogP contribution is 2.19. The van der Waals surface area contributed by atoms with E-state index >= 15 is 0 Å². The monoisotopic (exact) mass is 284 g/mol. The van der Waals surface area contributed by atoms with Crippen LogP contribution in [0.15, 0.2) is 33.1 Å². The quantitative estimate of drug-likeness (QED) is 0.849. The molecule has 0 aliphatic carbocycles. The summed E-state index contributed by atoms with van der Waals surface area (Å²) < 4.78 is 2.65. The number of aromatic nitrogens is 2. The molecule has 0 saturated carbocycles. The third-order valence-corrected chi connectivity index (χ3v) is 3.65. The maximum Gasteiger partial charge on any atom is 0.253 e. The van der Waals surface area contributed by atoms with E-state index in [0.717, 1.165) is 15.0 Å². The Hall–Kier alpha value is -0.940. The van der Waals surface area contributed by atoms with Crippen LogP contribution in [0.2, 0.25) is 0 Å². The molecule has 0 radical (unpaired) electrons. The largest absolute Gasteiger partial charge is 0.294 e. The second kappa shape index (κ2) is 4.28. The highest BCUT2D eigenvalue weighted by atomic mass is 79.9. The summed E-state index contributed by atoms with van der Waals surface area (Å²) in [7, 11) is 0. The van der Waals surface area contributed by atoms with Gasteiger partial charge >= 0.3 is 0 Å². The van der Waals surface area contributed by atoms with Crippen LogP contribution in [-0.4, -0.2) is 9.55 Å². The van der Waals surface area contributed by atoms with E-state index in [1.165, 1.54) is 0 Å². The molecule has 0 saturated heterocycles. The van der Waals surface area contributed by atoms with E-state index < -0.39 is 0 Å². The van der Waals surface area contributed by atoms with Gasteiger partial charge < -0.3 is 0 Å². The van der Waals surface area contributed by atoms with Crippen molar-refractivity contribution >= 4 is 27.3 Å². The number of hydrogen-bond donors (Lipinski definition) is 0. The van der Waals surface area contributed by atoms with Crippen molar-refractivity contribution in [1.82, 2.24) is 9.55 Å². The first-order chi connectivity index (χ1) is 7.15. The number of hydrogen-bond acceptors (Lipinski definition) is 3. The molecule has 0 aliphatic rings. The molecule has 0 bridgehead atoms. The van der Waals surface area contributed by atoms with Gasteiger partial charge in [0.05, 0.1) is 12.9 Å². The van der Waals surface area contributed by atoms with Gasteiger partial charge in [0, 0.05) is 26.5 Å². The van der Waals surface area contributed by atoms with Crippen LogP contribution in [0.3, 0.4) is 0 Å². The highest BCUT2D eigenvalue weighted by molar-refractivity contribution is 9.10. The average Bonchev–Trinajstić information content (AvgIpc) is 2.56. The average molecular weight is 285 g/mol. The minimum Gasteiger partial charge on any atom is -0.294 e. The van der Waals surface area contributed by atoms with E-state index in [-0.39, 0.29) is 5.56 Å². The van der Waals surface area contributed by atoms with Gasteiger partial charge in [0.15, 0.2) is 0 Å². The molecule has 2 heterocycles. The van der Waals surface area contributed by atoms with E-state index in [1.54, 1.807) is 28.3 Å². The van der Waals surface area contributed by atoms with Crippen molar-refractivity contribution in [2.75, 3.05) is 0 Å². The van der Waals surface area contributed by atoms with Gasteiger partial charge in [-0.2, -0.15) is 0 Å². The molecule has 0 aliphatic heterocycles. The second-order valence-corrected chi connectivity index (χ2v) is 5.14. The molecule has 3 nitrogen and oxygen atoms in total. The van der Waals surface area contributed by atoms with Crippen molar-refractivity contribution in [1.29, 1.82) is 0 Å². The van der Waals surface area contributed by atoms with Crippen molar-refractivity contribution in [3.8, 4) is 0 Å². The van der Waals surface area contributed by atoms with Crippen molar-refractivity contribution in [3.63, 3.8) is 0 Å². The lowest BCUT2D eigenvalue weighted by Crippen LogP contribution is -2.20. The first kappa shape index (κ1) is 10.6. The summed E-state index contributed by atoms with van der Waals surface area (Å²) in [5, 5.41) is 2.00. The fraction of sp³-hybridized carbons (Fsp3) is 0.200. The van der Waals surface area contributed by atoms with Gasteiger partial charge in [-0.15, -0.1) is 11.3 Å². The van der Waals surface area contributed by atoms with Crippen molar-refractivity contribution in [2.24, 2.45) is 0 Å². The number of thiophene rings is 1. The molecule has 0 amide bonds. The SMILES string of the molecule is Cc1cc(=O)n(Cc2cc(Br)cs2)cn1. The summed E-state index contributed by atoms with van der Waals surface area (Å²) in [5.41, 5.74) is 0.746. The summed E-state index contributed by atoms with van der Waals surface area (Å²) in [6, 6.07) is 3.56. The zero-order valence-corrected chi connectivity index (χ0v) is 10.5. The molecular weight excluding hydrogens is 276 g/mol. The molecule has 2 rings (SSSR count). The number of halogens is 1. The molecular formula is C10H9BrN2OS. The maximum absolute atomic E-state index is 11.6. The second-order valence-electron chi connectivity index (χ2n) is 3.23. The first-order valence-corrected chi connectivity index (χ1v) is 6.08. The molecule has 2 aromatic rings. The van der Waals surface area contributed by atoms with Crippen LogP contribution in [0, 0.1) is 6.92 Å².